The fourth-order valence-electron chi connectivity index (χ4n) is 2.04. The van der Waals surface area contributed by atoms with Crippen LogP contribution in [0.3, 0.4) is 0 Å². The molecule has 0 spiro atoms. The lowest BCUT2D eigenvalue weighted by Gasteiger charge is -2.17. The summed E-state index contributed by atoms with van der Waals surface area (Å²) in [5, 5.41) is 12.5. The van der Waals surface area contributed by atoms with Crippen molar-refractivity contribution in [2.24, 2.45) is 5.92 Å². The van der Waals surface area contributed by atoms with E-state index in [-0.39, 0.29) is 23.8 Å². The molecule has 0 bridgehead atoms. The topological polar surface area (TPSA) is 49.3 Å². The molecule has 1 atom stereocenters. The number of amides is 1. The van der Waals surface area contributed by atoms with Gasteiger partial charge in [0.15, 0.2) is 0 Å². The molecule has 1 aromatic rings. The van der Waals surface area contributed by atoms with Gasteiger partial charge < -0.3 is 10.4 Å². The summed E-state index contributed by atoms with van der Waals surface area (Å²) < 4.78 is 0. The average Bonchev–Trinajstić information content (AvgIpc) is 3.17. The number of rotatable bonds is 5. The zero-order valence-electron chi connectivity index (χ0n) is 10.4. The SMILES string of the molecule is CC(CO)CNC(=O)C1(c2ccc(Cl)cc2)CC1. The quantitative estimate of drug-likeness (QED) is 0.859. The number of aliphatic hydroxyl groups excluding tert-OH is 1. The van der Waals surface area contributed by atoms with Crippen molar-refractivity contribution in [3.63, 3.8) is 0 Å². The molecule has 2 N–H and O–H groups in total. The van der Waals surface area contributed by atoms with Gasteiger partial charge in [-0.15, -0.1) is 0 Å². The fraction of sp³-hybridized carbons (Fsp3) is 0.500. The predicted molar refractivity (Wildman–Crippen MR) is 71.6 cm³/mol. The zero-order valence-corrected chi connectivity index (χ0v) is 11.2. The van der Waals surface area contributed by atoms with Gasteiger partial charge in [0.25, 0.3) is 0 Å². The Morgan fingerprint density at radius 3 is 2.56 bits per heavy atom. The molecule has 1 saturated carbocycles. The van der Waals surface area contributed by atoms with Crippen molar-refractivity contribution in [1.82, 2.24) is 5.32 Å². The molecule has 4 heteroatoms. The average molecular weight is 268 g/mol. The normalized spacial score (nSPS) is 18.2. The van der Waals surface area contributed by atoms with Gasteiger partial charge in [-0.3, -0.25) is 4.79 Å². The molecule has 0 heterocycles. The Morgan fingerprint density at radius 1 is 1.44 bits per heavy atom. The van der Waals surface area contributed by atoms with Crippen molar-refractivity contribution in [2.45, 2.75) is 25.2 Å². The minimum atomic E-state index is -0.361. The smallest absolute Gasteiger partial charge is 0.230 e. The number of hydrogen-bond acceptors (Lipinski definition) is 2. The lowest BCUT2D eigenvalue weighted by atomic mass is 9.95. The highest BCUT2D eigenvalue weighted by molar-refractivity contribution is 6.30. The van der Waals surface area contributed by atoms with Gasteiger partial charge in [0.05, 0.1) is 5.41 Å². The van der Waals surface area contributed by atoms with Gasteiger partial charge in [-0.2, -0.15) is 0 Å². The molecule has 0 aliphatic heterocycles. The van der Waals surface area contributed by atoms with Crippen LogP contribution in [-0.2, 0) is 10.2 Å². The van der Waals surface area contributed by atoms with Crippen molar-refractivity contribution >= 4 is 17.5 Å². The molecule has 1 aliphatic carbocycles. The van der Waals surface area contributed by atoms with Crippen LogP contribution in [0.5, 0.6) is 0 Å². The summed E-state index contributed by atoms with van der Waals surface area (Å²) in [6.45, 7) is 2.51. The first-order valence-corrected chi connectivity index (χ1v) is 6.61. The fourth-order valence-corrected chi connectivity index (χ4v) is 2.17. The molecule has 1 fully saturated rings. The summed E-state index contributed by atoms with van der Waals surface area (Å²) in [5.74, 6) is 0.153. The summed E-state index contributed by atoms with van der Waals surface area (Å²) in [7, 11) is 0. The van der Waals surface area contributed by atoms with Gasteiger partial charge in [-0.1, -0.05) is 30.7 Å². The van der Waals surface area contributed by atoms with E-state index in [0.717, 1.165) is 18.4 Å². The first-order chi connectivity index (χ1) is 8.58. The monoisotopic (exact) mass is 267 g/mol. The third kappa shape index (κ3) is 2.68. The Hall–Kier alpha value is -1.06. The van der Waals surface area contributed by atoms with E-state index in [1.54, 1.807) is 0 Å². The molecular formula is C14H18ClNO2. The third-order valence-corrected chi connectivity index (χ3v) is 3.76. The first kappa shape index (κ1) is 13.4. The molecule has 0 aromatic heterocycles. The number of benzene rings is 1. The van der Waals surface area contributed by atoms with Gasteiger partial charge in [0.1, 0.15) is 0 Å². The van der Waals surface area contributed by atoms with Crippen LogP contribution in [-0.4, -0.2) is 24.2 Å². The number of halogens is 1. The highest BCUT2D eigenvalue weighted by Crippen LogP contribution is 2.48. The van der Waals surface area contributed by atoms with E-state index in [2.05, 4.69) is 5.32 Å². The highest BCUT2D eigenvalue weighted by atomic mass is 35.5. The van der Waals surface area contributed by atoms with Gasteiger partial charge in [0.2, 0.25) is 5.91 Å². The summed E-state index contributed by atoms with van der Waals surface area (Å²) in [6.07, 6.45) is 1.77. The number of carbonyl (C=O) groups is 1. The molecule has 3 nitrogen and oxygen atoms in total. The predicted octanol–water partition coefficient (Wildman–Crippen LogP) is 2.12. The summed E-state index contributed by atoms with van der Waals surface area (Å²) >= 11 is 5.85. The lowest BCUT2D eigenvalue weighted by Crippen LogP contribution is -2.37. The van der Waals surface area contributed by atoms with Crippen LogP contribution in [0.25, 0.3) is 0 Å². The first-order valence-electron chi connectivity index (χ1n) is 6.24. The second-order valence-electron chi connectivity index (χ2n) is 5.09. The van der Waals surface area contributed by atoms with Crippen LogP contribution >= 0.6 is 11.6 Å². The third-order valence-electron chi connectivity index (χ3n) is 3.50. The maximum Gasteiger partial charge on any atom is 0.230 e. The van der Waals surface area contributed by atoms with E-state index in [9.17, 15) is 4.79 Å². The van der Waals surface area contributed by atoms with Gasteiger partial charge >= 0.3 is 0 Å². The molecule has 2 rings (SSSR count). The Labute approximate surface area is 112 Å². The molecule has 1 unspecified atom stereocenters. The van der Waals surface area contributed by atoms with Crippen molar-refractivity contribution in [2.75, 3.05) is 13.2 Å². The summed E-state index contributed by atoms with van der Waals surface area (Å²) in [4.78, 5) is 12.2. The maximum atomic E-state index is 12.2. The molecule has 98 valence electrons. The largest absolute Gasteiger partial charge is 0.396 e. The molecular weight excluding hydrogens is 250 g/mol. The zero-order chi connectivity index (χ0) is 13.2. The van der Waals surface area contributed by atoms with Gasteiger partial charge in [-0.05, 0) is 36.5 Å². The number of nitrogens with one attached hydrogen (secondary N) is 1. The van der Waals surface area contributed by atoms with E-state index in [4.69, 9.17) is 16.7 Å². The summed E-state index contributed by atoms with van der Waals surface area (Å²) in [5.41, 5.74) is 0.667. The molecule has 1 aliphatic rings. The van der Waals surface area contributed by atoms with Crippen LogP contribution in [0, 0.1) is 5.92 Å². The van der Waals surface area contributed by atoms with Crippen molar-refractivity contribution in [3.8, 4) is 0 Å². The van der Waals surface area contributed by atoms with Crippen LogP contribution in [0.1, 0.15) is 25.3 Å². The van der Waals surface area contributed by atoms with Crippen LogP contribution < -0.4 is 5.32 Å². The molecule has 1 amide bonds. The second-order valence-corrected chi connectivity index (χ2v) is 5.52. The van der Waals surface area contributed by atoms with Crippen LogP contribution in [0.15, 0.2) is 24.3 Å². The minimum absolute atomic E-state index is 0.0603. The van der Waals surface area contributed by atoms with Crippen molar-refractivity contribution in [3.05, 3.63) is 34.9 Å². The summed E-state index contributed by atoms with van der Waals surface area (Å²) in [6, 6.07) is 7.48. The number of carbonyl (C=O) groups excluding carboxylic acids is 1. The van der Waals surface area contributed by atoms with Crippen molar-refractivity contribution in [1.29, 1.82) is 0 Å². The van der Waals surface area contributed by atoms with E-state index >= 15 is 0 Å². The maximum absolute atomic E-state index is 12.2. The number of hydrogen-bond donors (Lipinski definition) is 2. The Bertz CT molecular complexity index is 426. The Balaban J connectivity index is 2.03. The van der Waals surface area contributed by atoms with Gasteiger partial charge in [0, 0.05) is 18.2 Å². The number of aliphatic hydroxyl groups is 1. The molecule has 18 heavy (non-hydrogen) atoms. The Morgan fingerprint density at radius 2 is 2.06 bits per heavy atom. The second kappa shape index (κ2) is 5.29. The van der Waals surface area contributed by atoms with Crippen LogP contribution in [0.2, 0.25) is 5.02 Å². The van der Waals surface area contributed by atoms with E-state index in [1.807, 2.05) is 31.2 Å². The van der Waals surface area contributed by atoms with Crippen molar-refractivity contribution < 1.29 is 9.90 Å². The highest BCUT2D eigenvalue weighted by Gasteiger charge is 2.51. The standard InChI is InChI=1S/C14H18ClNO2/c1-10(9-17)8-16-13(18)14(6-7-14)11-2-4-12(15)5-3-11/h2-5,10,17H,6-9H2,1H3,(H,16,18). The van der Waals surface area contributed by atoms with Gasteiger partial charge in [-0.25, -0.2) is 0 Å². The van der Waals surface area contributed by atoms with E-state index in [1.165, 1.54) is 0 Å². The van der Waals surface area contributed by atoms with Crippen LogP contribution in [0.4, 0.5) is 0 Å². The molecule has 0 radical (unpaired) electrons. The van der Waals surface area contributed by atoms with E-state index < -0.39 is 0 Å². The van der Waals surface area contributed by atoms with E-state index in [0.29, 0.717) is 11.6 Å². The Kier molecular flexibility index (Phi) is 3.93. The molecule has 1 aromatic carbocycles. The minimum Gasteiger partial charge on any atom is -0.396 e. The lowest BCUT2D eigenvalue weighted by molar-refractivity contribution is -0.123. The molecule has 0 saturated heterocycles.